The Kier molecular flexibility index (Phi) is 4.99. The van der Waals surface area contributed by atoms with Crippen LogP contribution in [-0.4, -0.2) is 36.6 Å². The van der Waals surface area contributed by atoms with Gasteiger partial charge in [-0.15, -0.1) is 0 Å². The number of carbonyl (C=O) groups is 1. The lowest BCUT2D eigenvalue weighted by Crippen LogP contribution is -2.43. The highest BCUT2D eigenvalue weighted by atomic mass is 79.9. The number of likely N-dealkylation sites (tertiary alicyclic amines) is 1. The van der Waals surface area contributed by atoms with Crippen LogP contribution in [0.25, 0.3) is 0 Å². The molecule has 1 heterocycles. The number of ether oxygens (including phenoxy) is 1. The van der Waals surface area contributed by atoms with E-state index in [2.05, 4.69) is 15.9 Å². The summed E-state index contributed by atoms with van der Waals surface area (Å²) in [6.07, 6.45) is 2.27. The molecule has 1 aliphatic heterocycles. The van der Waals surface area contributed by atoms with E-state index in [1.807, 2.05) is 36.9 Å². The van der Waals surface area contributed by atoms with E-state index in [0.29, 0.717) is 13.2 Å². The van der Waals surface area contributed by atoms with Crippen molar-refractivity contribution < 1.29 is 9.53 Å². The number of piperidine rings is 1. The average Bonchev–Trinajstić information content (AvgIpc) is 2.42. The quantitative estimate of drug-likeness (QED) is 0.852. The minimum absolute atomic E-state index is 0.111. The predicted molar refractivity (Wildman–Crippen MR) is 79.4 cm³/mol. The van der Waals surface area contributed by atoms with Crippen molar-refractivity contribution >= 4 is 21.8 Å². The van der Waals surface area contributed by atoms with Crippen LogP contribution in [0.1, 0.15) is 35.7 Å². The Morgan fingerprint density at radius 1 is 1.53 bits per heavy atom. The number of rotatable bonds is 3. The van der Waals surface area contributed by atoms with Gasteiger partial charge >= 0.3 is 0 Å². The third-order valence-electron chi connectivity index (χ3n) is 3.47. The van der Waals surface area contributed by atoms with Crippen LogP contribution in [-0.2, 0) is 4.74 Å². The Morgan fingerprint density at radius 2 is 2.32 bits per heavy atom. The van der Waals surface area contributed by atoms with Gasteiger partial charge in [-0.25, -0.2) is 0 Å². The molecule has 0 spiro atoms. The number of halogens is 1. The van der Waals surface area contributed by atoms with Crippen LogP contribution < -0.4 is 0 Å². The van der Waals surface area contributed by atoms with E-state index in [0.717, 1.165) is 35.0 Å². The molecule has 0 aliphatic carbocycles. The number of hydrogen-bond donors (Lipinski definition) is 0. The number of carbonyl (C=O) groups excluding carboxylic acids is 1. The van der Waals surface area contributed by atoms with Crippen LogP contribution in [0.15, 0.2) is 22.7 Å². The fourth-order valence-electron chi connectivity index (χ4n) is 2.45. The highest BCUT2D eigenvalue weighted by molar-refractivity contribution is 9.10. The lowest BCUT2D eigenvalue weighted by molar-refractivity contribution is 0.00724. The smallest absolute Gasteiger partial charge is 0.253 e. The molecule has 4 heteroatoms. The van der Waals surface area contributed by atoms with Gasteiger partial charge in [0.15, 0.2) is 0 Å². The Labute approximate surface area is 123 Å². The molecule has 19 heavy (non-hydrogen) atoms. The van der Waals surface area contributed by atoms with E-state index in [1.54, 1.807) is 0 Å². The zero-order valence-electron chi connectivity index (χ0n) is 11.5. The summed E-state index contributed by atoms with van der Waals surface area (Å²) in [7, 11) is 0. The Bertz CT molecular complexity index is 459. The predicted octanol–water partition coefficient (Wildman–Crippen LogP) is 3.40. The third-order valence-corrected chi connectivity index (χ3v) is 4.36. The fraction of sp³-hybridized carbons (Fsp3) is 0.533. The topological polar surface area (TPSA) is 29.5 Å². The first-order valence-corrected chi connectivity index (χ1v) is 7.58. The lowest BCUT2D eigenvalue weighted by atomic mass is 10.1. The molecule has 0 saturated carbocycles. The molecule has 1 fully saturated rings. The molecule has 3 nitrogen and oxygen atoms in total. The standard InChI is InChI=1S/C15H20BrNO2/c1-3-19-13-5-4-8-17(10-13)15(18)12-6-7-14(16)11(2)9-12/h6-7,9,13H,3-5,8,10H2,1-2H3. The third kappa shape index (κ3) is 3.57. The molecule has 0 aromatic heterocycles. The lowest BCUT2D eigenvalue weighted by Gasteiger charge is -2.32. The van der Waals surface area contributed by atoms with E-state index in [9.17, 15) is 4.79 Å². The van der Waals surface area contributed by atoms with Gasteiger partial charge in [-0.05, 0) is 50.5 Å². The van der Waals surface area contributed by atoms with E-state index in [1.165, 1.54) is 0 Å². The van der Waals surface area contributed by atoms with Crippen LogP contribution in [0.5, 0.6) is 0 Å². The van der Waals surface area contributed by atoms with Crippen molar-refractivity contribution in [3.05, 3.63) is 33.8 Å². The van der Waals surface area contributed by atoms with Gasteiger partial charge in [-0.2, -0.15) is 0 Å². The van der Waals surface area contributed by atoms with Crippen molar-refractivity contribution in [2.45, 2.75) is 32.8 Å². The molecular weight excluding hydrogens is 306 g/mol. The van der Waals surface area contributed by atoms with E-state index in [-0.39, 0.29) is 12.0 Å². The number of nitrogens with zero attached hydrogens (tertiary/aromatic N) is 1. The fourth-order valence-corrected chi connectivity index (χ4v) is 2.70. The Balaban J connectivity index is 2.08. The number of hydrogen-bond acceptors (Lipinski definition) is 2. The van der Waals surface area contributed by atoms with Crippen LogP contribution >= 0.6 is 15.9 Å². The summed E-state index contributed by atoms with van der Waals surface area (Å²) in [5, 5.41) is 0. The molecule has 1 amide bonds. The van der Waals surface area contributed by atoms with Crippen molar-refractivity contribution in [3.63, 3.8) is 0 Å². The van der Waals surface area contributed by atoms with Gasteiger partial charge in [-0.1, -0.05) is 15.9 Å². The van der Waals surface area contributed by atoms with E-state index < -0.39 is 0 Å². The van der Waals surface area contributed by atoms with Crippen LogP contribution in [0.2, 0.25) is 0 Å². The maximum atomic E-state index is 12.5. The summed E-state index contributed by atoms with van der Waals surface area (Å²) in [6.45, 7) is 6.25. The second-order valence-electron chi connectivity index (χ2n) is 4.93. The van der Waals surface area contributed by atoms with Crippen molar-refractivity contribution in [2.24, 2.45) is 0 Å². The monoisotopic (exact) mass is 325 g/mol. The van der Waals surface area contributed by atoms with Gasteiger partial charge in [0.1, 0.15) is 0 Å². The molecule has 0 bridgehead atoms. The summed E-state index contributed by atoms with van der Waals surface area (Å²) >= 11 is 3.46. The normalized spacial score (nSPS) is 19.5. The van der Waals surface area contributed by atoms with Crippen LogP contribution in [0.3, 0.4) is 0 Å². The van der Waals surface area contributed by atoms with Crippen LogP contribution in [0, 0.1) is 6.92 Å². The van der Waals surface area contributed by atoms with Crippen molar-refractivity contribution in [2.75, 3.05) is 19.7 Å². The highest BCUT2D eigenvalue weighted by Crippen LogP contribution is 2.20. The first-order valence-electron chi connectivity index (χ1n) is 6.79. The zero-order valence-corrected chi connectivity index (χ0v) is 13.1. The molecule has 1 saturated heterocycles. The minimum atomic E-state index is 0.111. The van der Waals surface area contributed by atoms with Gasteiger partial charge < -0.3 is 9.64 Å². The molecule has 0 N–H and O–H groups in total. The number of benzene rings is 1. The average molecular weight is 326 g/mol. The largest absolute Gasteiger partial charge is 0.377 e. The van der Waals surface area contributed by atoms with Crippen LogP contribution in [0.4, 0.5) is 0 Å². The van der Waals surface area contributed by atoms with Gasteiger partial charge in [0, 0.05) is 29.7 Å². The number of aryl methyl sites for hydroxylation is 1. The molecule has 2 rings (SSSR count). The van der Waals surface area contributed by atoms with E-state index in [4.69, 9.17) is 4.74 Å². The minimum Gasteiger partial charge on any atom is -0.377 e. The second-order valence-corrected chi connectivity index (χ2v) is 5.79. The summed E-state index contributed by atoms with van der Waals surface area (Å²) < 4.78 is 6.68. The highest BCUT2D eigenvalue weighted by Gasteiger charge is 2.24. The Morgan fingerprint density at radius 3 is 3.00 bits per heavy atom. The molecule has 1 aromatic rings. The van der Waals surface area contributed by atoms with Gasteiger partial charge in [0.25, 0.3) is 5.91 Å². The summed E-state index contributed by atoms with van der Waals surface area (Å²) in [5.41, 5.74) is 1.85. The number of amides is 1. The van der Waals surface area contributed by atoms with Gasteiger partial charge in [-0.3, -0.25) is 4.79 Å². The summed E-state index contributed by atoms with van der Waals surface area (Å²) in [4.78, 5) is 14.4. The molecule has 104 valence electrons. The molecular formula is C15H20BrNO2. The van der Waals surface area contributed by atoms with E-state index >= 15 is 0 Å². The summed E-state index contributed by atoms with van der Waals surface area (Å²) in [6, 6.07) is 5.76. The molecule has 1 aliphatic rings. The van der Waals surface area contributed by atoms with Crippen molar-refractivity contribution in [3.8, 4) is 0 Å². The van der Waals surface area contributed by atoms with Gasteiger partial charge in [0.05, 0.1) is 6.10 Å². The SMILES string of the molecule is CCOC1CCCN(C(=O)c2ccc(Br)c(C)c2)C1. The Hall–Kier alpha value is -0.870. The molecule has 1 unspecified atom stereocenters. The van der Waals surface area contributed by atoms with Crippen molar-refractivity contribution in [1.29, 1.82) is 0 Å². The van der Waals surface area contributed by atoms with Gasteiger partial charge in [0.2, 0.25) is 0 Å². The first kappa shape index (κ1) is 14.5. The maximum absolute atomic E-state index is 12.5. The zero-order chi connectivity index (χ0) is 13.8. The molecule has 1 aromatic carbocycles. The first-order chi connectivity index (χ1) is 9.11. The molecule has 0 radical (unpaired) electrons. The second kappa shape index (κ2) is 6.53. The van der Waals surface area contributed by atoms with Crippen molar-refractivity contribution in [1.82, 2.24) is 4.90 Å². The molecule has 1 atom stereocenters. The summed E-state index contributed by atoms with van der Waals surface area (Å²) in [5.74, 6) is 0.111. The maximum Gasteiger partial charge on any atom is 0.253 e.